The predicted molar refractivity (Wildman–Crippen MR) is 83.6 cm³/mol. The van der Waals surface area contributed by atoms with Crippen molar-refractivity contribution < 1.29 is 18.0 Å². The van der Waals surface area contributed by atoms with Crippen LogP contribution >= 0.6 is 0 Å². The number of carbonyl (C=O) groups excluding carboxylic acids is 1. The van der Waals surface area contributed by atoms with Crippen LogP contribution in [0.5, 0.6) is 0 Å². The maximum absolute atomic E-state index is 13.7. The molecule has 3 N–H and O–H groups in total. The van der Waals surface area contributed by atoms with Gasteiger partial charge in [0.05, 0.1) is 5.69 Å². The van der Waals surface area contributed by atoms with Crippen LogP contribution in [0.25, 0.3) is 0 Å². The first-order chi connectivity index (χ1) is 12.0. The number of nitrogens with zero attached hydrogens (tertiary/aromatic N) is 2. The molecule has 1 amide bonds. The number of rotatable bonds is 5. The molecule has 0 unspecified atom stereocenters. The lowest BCUT2D eigenvalue weighted by Gasteiger charge is -2.07. The summed E-state index contributed by atoms with van der Waals surface area (Å²) < 4.78 is 40.1. The highest BCUT2D eigenvalue weighted by Gasteiger charge is 2.18. The molecule has 0 radical (unpaired) electrons. The average molecular weight is 347 g/mol. The molecule has 3 rings (SSSR count). The molecule has 0 fully saturated rings. The number of aromatic amines is 1. The Bertz CT molecular complexity index is 912. The summed E-state index contributed by atoms with van der Waals surface area (Å²) in [7, 11) is 0. The van der Waals surface area contributed by atoms with Gasteiger partial charge in [-0.1, -0.05) is 18.2 Å². The summed E-state index contributed by atoms with van der Waals surface area (Å²) in [6.07, 6.45) is 0. The van der Waals surface area contributed by atoms with Gasteiger partial charge in [-0.2, -0.15) is 5.21 Å². The third-order valence-electron chi connectivity index (χ3n) is 3.34. The molecule has 0 bridgehead atoms. The van der Waals surface area contributed by atoms with E-state index in [2.05, 4.69) is 26.0 Å². The van der Waals surface area contributed by atoms with Crippen molar-refractivity contribution in [3.63, 3.8) is 0 Å². The number of benzene rings is 2. The van der Waals surface area contributed by atoms with Gasteiger partial charge in [-0.05, 0) is 18.2 Å². The standard InChI is InChI=1S/C16H12F3N5O/c17-10-6-5-9(12(19)7-10)8-20-16(25)14-15(23-24-22-14)21-13-4-2-1-3-11(13)18/h1-7H,8H2,(H,20,25)(H2,21,22,23,24). The van der Waals surface area contributed by atoms with E-state index in [4.69, 9.17) is 0 Å². The van der Waals surface area contributed by atoms with Crippen molar-refractivity contribution in [1.29, 1.82) is 0 Å². The molecule has 0 saturated heterocycles. The molecule has 0 aliphatic carbocycles. The Balaban J connectivity index is 1.71. The number of para-hydroxylation sites is 1. The Labute approximate surface area is 140 Å². The van der Waals surface area contributed by atoms with Gasteiger partial charge in [0.15, 0.2) is 11.5 Å². The zero-order valence-corrected chi connectivity index (χ0v) is 12.7. The lowest BCUT2D eigenvalue weighted by Crippen LogP contribution is -2.24. The lowest BCUT2D eigenvalue weighted by atomic mass is 10.2. The Morgan fingerprint density at radius 3 is 2.60 bits per heavy atom. The molecular formula is C16H12F3N5O. The minimum atomic E-state index is -0.773. The van der Waals surface area contributed by atoms with E-state index in [1.807, 2.05) is 0 Å². The van der Waals surface area contributed by atoms with E-state index in [0.717, 1.165) is 12.1 Å². The van der Waals surface area contributed by atoms with E-state index in [1.54, 1.807) is 6.07 Å². The summed E-state index contributed by atoms with van der Waals surface area (Å²) in [5, 5.41) is 14.8. The van der Waals surface area contributed by atoms with Gasteiger partial charge >= 0.3 is 0 Å². The smallest absolute Gasteiger partial charge is 0.275 e. The Kier molecular flexibility index (Phi) is 4.64. The van der Waals surface area contributed by atoms with Crippen LogP contribution in [0, 0.1) is 17.5 Å². The molecule has 0 saturated carbocycles. The van der Waals surface area contributed by atoms with Crippen LogP contribution in [-0.4, -0.2) is 21.3 Å². The number of carbonyl (C=O) groups is 1. The first-order valence-electron chi connectivity index (χ1n) is 7.19. The topological polar surface area (TPSA) is 82.7 Å². The van der Waals surface area contributed by atoms with Gasteiger partial charge in [-0.25, -0.2) is 13.2 Å². The summed E-state index contributed by atoms with van der Waals surface area (Å²) in [4.78, 5) is 12.2. The third kappa shape index (κ3) is 3.77. The van der Waals surface area contributed by atoms with Crippen LogP contribution in [0.3, 0.4) is 0 Å². The maximum Gasteiger partial charge on any atom is 0.275 e. The second-order valence-electron chi connectivity index (χ2n) is 5.04. The maximum atomic E-state index is 13.7. The molecule has 3 aromatic rings. The van der Waals surface area contributed by atoms with Crippen molar-refractivity contribution >= 4 is 17.4 Å². The minimum Gasteiger partial charge on any atom is -0.346 e. The van der Waals surface area contributed by atoms with Crippen molar-refractivity contribution in [3.05, 3.63) is 71.2 Å². The highest BCUT2D eigenvalue weighted by Crippen LogP contribution is 2.19. The fraction of sp³-hybridized carbons (Fsp3) is 0.0625. The molecular weight excluding hydrogens is 335 g/mol. The van der Waals surface area contributed by atoms with Crippen molar-refractivity contribution in [2.75, 3.05) is 5.32 Å². The largest absolute Gasteiger partial charge is 0.346 e. The Morgan fingerprint density at radius 1 is 1.04 bits per heavy atom. The summed E-state index contributed by atoms with van der Waals surface area (Å²) in [6, 6.07) is 8.90. The van der Waals surface area contributed by atoms with Gasteiger partial charge in [0.2, 0.25) is 0 Å². The lowest BCUT2D eigenvalue weighted by molar-refractivity contribution is 0.0946. The Hall–Kier alpha value is -3.36. The molecule has 0 spiro atoms. The van der Waals surface area contributed by atoms with Gasteiger partial charge in [0, 0.05) is 18.2 Å². The normalized spacial score (nSPS) is 10.5. The first-order valence-corrected chi connectivity index (χ1v) is 7.19. The number of H-pyrrole nitrogens is 1. The van der Waals surface area contributed by atoms with Gasteiger partial charge in [-0.3, -0.25) is 4.79 Å². The molecule has 25 heavy (non-hydrogen) atoms. The summed E-state index contributed by atoms with van der Waals surface area (Å²) >= 11 is 0. The molecule has 0 atom stereocenters. The second-order valence-corrected chi connectivity index (χ2v) is 5.04. The minimum absolute atomic E-state index is 0.0159. The number of hydrogen-bond acceptors (Lipinski definition) is 4. The van der Waals surface area contributed by atoms with E-state index in [9.17, 15) is 18.0 Å². The number of halogens is 3. The quantitative estimate of drug-likeness (QED) is 0.663. The second kappa shape index (κ2) is 7.04. The van der Waals surface area contributed by atoms with Crippen LogP contribution < -0.4 is 10.6 Å². The molecule has 1 aromatic heterocycles. The number of anilines is 2. The van der Waals surface area contributed by atoms with Crippen LogP contribution in [-0.2, 0) is 6.54 Å². The number of amides is 1. The summed E-state index contributed by atoms with van der Waals surface area (Å²) in [5.41, 5.74) is 0.114. The zero-order chi connectivity index (χ0) is 17.8. The predicted octanol–water partition coefficient (Wildman–Crippen LogP) is 2.90. The van der Waals surface area contributed by atoms with Crippen LogP contribution in [0.15, 0.2) is 42.5 Å². The van der Waals surface area contributed by atoms with Crippen LogP contribution in [0.1, 0.15) is 16.1 Å². The summed E-state index contributed by atoms with van der Waals surface area (Å²) in [6.45, 7) is -0.170. The molecule has 2 aromatic carbocycles. The molecule has 0 aliphatic heterocycles. The summed E-state index contributed by atoms with van der Waals surface area (Å²) in [5.74, 6) is -2.64. The van der Waals surface area contributed by atoms with Gasteiger partial charge in [-0.15, -0.1) is 10.2 Å². The fourth-order valence-corrected chi connectivity index (χ4v) is 2.09. The van der Waals surface area contributed by atoms with Crippen molar-refractivity contribution in [1.82, 2.24) is 20.7 Å². The first kappa shape index (κ1) is 16.5. The highest BCUT2D eigenvalue weighted by atomic mass is 19.1. The van der Waals surface area contributed by atoms with Gasteiger partial charge in [0.25, 0.3) is 5.91 Å². The SMILES string of the molecule is O=C(NCc1ccc(F)cc1F)c1n[nH]nc1Nc1ccccc1F. The molecule has 0 aliphatic rings. The molecule has 128 valence electrons. The molecule has 1 heterocycles. The third-order valence-corrected chi connectivity index (χ3v) is 3.34. The van der Waals surface area contributed by atoms with Crippen LogP contribution in [0.4, 0.5) is 24.7 Å². The fourth-order valence-electron chi connectivity index (χ4n) is 2.09. The Morgan fingerprint density at radius 2 is 1.84 bits per heavy atom. The van der Waals surface area contributed by atoms with Crippen molar-refractivity contribution in [3.8, 4) is 0 Å². The van der Waals surface area contributed by atoms with Gasteiger partial charge in [0.1, 0.15) is 17.5 Å². The van der Waals surface area contributed by atoms with E-state index < -0.39 is 23.4 Å². The number of aromatic nitrogens is 3. The highest BCUT2D eigenvalue weighted by molar-refractivity contribution is 5.97. The van der Waals surface area contributed by atoms with Crippen molar-refractivity contribution in [2.45, 2.75) is 6.54 Å². The van der Waals surface area contributed by atoms with Crippen molar-refractivity contribution in [2.24, 2.45) is 0 Å². The van der Waals surface area contributed by atoms with E-state index >= 15 is 0 Å². The molecule has 9 heteroatoms. The van der Waals surface area contributed by atoms with Crippen LogP contribution in [0.2, 0.25) is 0 Å². The van der Waals surface area contributed by atoms with Gasteiger partial charge < -0.3 is 10.6 Å². The van der Waals surface area contributed by atoms with E-state index in [-0.39, 0.29) is 29.3 Å². The number of hydrogen-bond donors (Lipinski definition) is 3. The monoisotopic (exact) mass is 347 g/mol. The van der Waals surface area contributed by atoms with E-state index in [1.165, 1.54) is 24.3 Å². The average Bonchev–Trinajstić information content (AvgIpc) is 3.04. The molecule has 6 nitrogen and oxygen atoms in total. The zero-order valence-electron chi connectivity index (χ0n) is 12.7. The van der Waals surface area contributed by atoms with E-state index in [0.29, 0.717) is 0 Å². The number of nitrogens with one attached hydrogen (secondary N) is 3.